The molecule has 19 heavy (non-hydrogen) atoms. The molecule has 0 aliphatic rings. The van der Waals surface area contributed by atoms with Crippen molar-refractivity contribution >= 4 is 12.0 Å². The third-order valence-corrected chi connectivity index (χ3v) is 2.69. The van der Waals surface area contributed by atoms with E-state index in [0.29, 0.717) is 19.5 Å². The van der Waals surface area contributed by atoms with Crippen molar-refractivity contribution < 1.29 is 19.1 Å². The molecule has 1 rings (SSSR count). The van der Waals surface area contributed by atoms with Crippen molar-refractivity contribution in [2.75, 3.05) is 13.6 Å². The number of carboxylic acid groups (broad SMARTS) is 1. The van der Waals surface area contributed by atoms with E-state index >= 15 is 0 Å². The van der Waals surface area contributed by atoms with Crippen LogP contribution >= 0.6 is 0 Å². The highest BCUT2D eigenvalue weighted by atomic mass is 16.4. The molecule has 1 aromatic rings. The molecule has 0 aliphatic carbocycles. The van der Waals surface area contributed by atoms with E-state index in [2.05, 4.69) is 5.32 Å². The molecule has 6 nitrogen and oxygen atoms in total. The zero-order valence-electron chi connectivity index (χ0n) is 11.1. The van der Waals surface area contributed by atoms with Gasteiger partial charge in [-0.2, -0.15) is 0 Å². The molecular formula is C13H20N2O4. The Hall–Kier alpha value is -1.98. The number of carbonyl (C=O) groups is 2. The predicted octanol–water partition coefficient (Wildman–Crippen LogP) is 2.07. The van der Waals surface area contributed by atoms with Crippen molar-refractivity contribution in [3.05, 3.63) is 24.2 Å². The fourth-order valence-corrected chi connectivity index (χ4v) is 1.64. The SMILES string of the molecule is CN(Cc1ccoc1)C(=O)NCCCCCC(=O)O. The molecule has 0 aliphatic heterocycles. The highest BCUT2D eigenvalue weighted by Crippen LogP contribution is 2.04. The summed E-state index contributed by atoms with van der Waals surface area (Å²) in [6.45, 7) is 1.07. The van der Waals surface area contributed by atoms with Crippen LogP contribution in [-0.2, 0) is 11.3 Å². The van der Waals surface area contributed by atoms with Crippen LogP contribution < -0.4 is 5.32 Å². The van der Waals surface area contributed by atoms with Crippen molar-refractivity contribution in [1.29, 1.82) is 0 Å². The first kappa shape index (κ1) is 15.1. The Kier molecular flexibility index (Phi) is 6.49. The molecule has 2 N–H and O–H groups in total. The van der Waals surface area contributed by atoms with Crippen LogP contribution in [0.4, 0.5) is 4.79 Å². The van der Waals surface area contributed by atoms with Gasteiger partial charge in [-0.3, -0.25) is 4.79 Å². The summed E-state index contributed by atoms with van der Waals surface area (Å²) in [4.78, 5) is 23.6. The Labute approximate surface area is 112 Å². The Morgan fingerprint density at radius 1 is 1.37 bits per heavy atom. The van der Waals surface area contributed by atoms with E-state index in [9.17, 15) is 9.59 Å². The number of nitrogens with one attached hydrogen (secondary N) is 1. The van der Waals surface area contributed by atoms with Crippen molar-refractivity contribution in [3.63, 3.8) is 0 Å². The fourth-order valence-electron chi connectivity index (χ4n) is 1.64. The van der Waals surface area contributed by atoms with Crippen LogP contribution in [-0.4, -0.2) is 35.6 Å². The first-order valence-electron chi connectivity index (χ1n) is 6.31. The Balaban J connectivity index is 2.08. The van der Waals surface area contributed by atoms with E-state index in [0.717, 1.165) is 18.4 Å². The zero-order chi connectivity index (χ0) is 14.1. The number of hydrogen-bond donors (Lipinski definition) is 2. The molecule has 6 heteroatoms. The second-order valence-electron chi connectivity index (χ2n) is 4.42. The van der Waals surface area contributed by atoms with E-state index in [1.165, 1.54) is 0 Å². The van der Waals surface area contributed by atoms with Crippen molar-refractivity contribution in [2.24, 2.45) is 0 Å². The number of carboxylic acids is 1. The maximum absolute atomic E-state index is 11.7. The van der Waals surface area contributed by atoms with Crippen LogP contribution in [0.1, 0.15) is 31.2 Å². The van der Waals surface area contributed by atoms with Crippen molar-refractivity contribution in [2.45, 2.75) is 32.2 Å². The molecule has 0 spiro atoms. The minimum atomic E-state index is -0.774. The quantitative estimate of drug-likeness (QED) is 0.707. The van der Waals surface area contributed by atoms with Gasteiger partial charge in [0.2, 0.25) is 0 Å². The summed E-state index contributed by atoms with van der Waals surface area (Å²) in [6, 6.07) is 1.68. The normalized spacial score (nSPS) is 10.2. The standard InChI is InChI=1S/C13H20N2O4/c1-15(9-11-6-8-19-10-11)13(18)14-7-4-2-3-5-12(16)17/h6,8,10H,2-5,7,9H2,1H3,(H,14,18)(H,16,17). The first-order chi connectivity index (χ1) is 9.09. The van der Waals surface area contributed by atoms with E-state index < -0.39 is 5.97 Å². The number of rotatable bonds is 8. The summed E-state index contributed by atoms with van der Waals surface area (Å²) in [5.74, 6) is -0.774. The average molecular weight is 268 g/mol. The second kappa shape index (κ2) is 8.18. The minimum Gasteiger partial charge on any atom is -0.481 e. The Morgan fingerprint density at radius 3 is 2.79 bits per heavy atom. The molecule has 1 heterocycles. The number of carbonyl (C=O) groups excluding carboxylic acids is 1. The molecule has 0 unspecified atom stereocenters. The third-order valence-electron chi connectivity index (χ3n) is 2.69. The van der Waals surface area contributed by atoms with Crippen LogP contribution in [0.15, 0.2) is 23.0 Å². The second-order valence-corrected chi connectivity index (χ2v) is 4.42. The van der Waals surface area contributed by atoms with Crippen LogP contribution in [0.5, 0.6) is 0 Å². The van der Waals surface area contributed by atoms with Crippen molar-refractivity contribution in [1.82, 2.24) is 10.2 Å². The molecule has 0 saturated heterocycles. The molecule has 0 radical (unpaired) electrons. The highest BCUT2D eigenvalue weighted by Gasteiger charge is 2.08. The molecule has 0 saturated carbocycles. The first-order valence-corrected chi connectivity index (χ1v) is 6.31. The van der Waals surface area contributed by atoms with Gasteiger partial charge in [0.05, 0.1) is 19.1 Å². The lowest BCUT2D eigenvalue weighted by atomic mass is 10.2. The van der Waals surface area contributed by atoms with Crippen LogP contribution in [0.2, 0.25) is 0 Å². The number of unbranched alkanes of at least 4 members (excludes halogenated alkanes) is 2. The Bertz CT molecular complexity index is 389. The molecule has 0 atom stereocenters. The Morgan fingerprint density at radius 2 is 2.16 bits per heavy atom. The topological polar surface area (TPSA) is 82.8 Å². The largest absolute Gasteiger partial charge is 0.481 e. The molecule has 0 bridgehead atoms. The van der Waals surface area contributed by atoms with E-state index in [-0.39, 0.29) is 12.5 Å². The van der Waals surface area contributed by atoms with Gasteiger partial charge < -0.3 is 19.7 Å². The van der Waals surface area contributed by atoms with Gasteiger partial charge in [0, 0.05) is 25.6 Å². The minimum absolute atomic E-state index is 0.139. The van der Waals surface area contributed by atoms with Gasteiger partial charge >= 0.3 is 12.0 Å². The highest BCUT2D eigenvalue weighted by molar-refractivity contribution is 5.73. The lowest BCUT2D eigenvalue weighted by Gasteiger charge is -2.16. The van der Waals surface area contributed by atoms with Crippen molar-refractivity contribution in [3.8, 4) is 0 Å². The molecule has 2 amide bonds. The molecular weight excluding hydrogens is 248 g/mol. The smallest absolute Gasteiger partial charge is 0.317 e. The monoisotopic (exact) mass is 268 g/mol. The summed E-state index contributed by atoms with van der Waals surface area (Å²) < 4.78 is 4.93. The number of nitrogens with zero attached hydrogens (tertiary/aromatic N) is 1. The number of urea groups is 1. The van der Waals surface area contributed by atoms with Gasteiger partial charge in [0.15, 0.2) is 0 Å². The van der Waals surface area contributed by atoms with E-state index in [1.807, 2.05) is 6.07 Å². The van der Waals surface area contributed by atoms with E-state index in [4.69, 9.17) is 9.52 Å². The molecule has 0 aromatic carbocycles. The van der Waals surface area contributed by atoms with Gasteiger partial charge in [-0.25, -0.2) is 4.79 Å². The molecule has 0 fully saturated rings. The summed E-state index contributed by atoms with van der Waals surface area (Å²) in [5, 5.41) is 11.3. The van der Waals surface area contributed by atoms with Gasteiger partial charge in [-0.05, 0) is 18.9 Å². The van der Waals surface area contributed by atoms with E-state index in [1.54, 1.807) is 24.5 Å². The fraction of sp³-hybridized carbons (Fsp3) is 0.538. The maximum atomic E-state index is 11.7. The van der Waals surface area contributed by atoms with Crippen LogP contribution in [0.25, 0.3) is 0 Å². The zero-order valence-corrected chi connectivity index (χ0v) is 11.1. The van der Waals surface area contributed by atoms with Crippen LogP contribution in [0, 0.1) is 0 Å². The average Bonchev–Trinajstić information content (AvgIpc) is 2.85. The third kappa shape index (κ3) is 6.49. The summed E-state index contributed by atoms with van der Waals surface area (Å²) >= 11 is 0. The maximum Gasteiger partial charge on any atom is 0.317 e. The lowest BCUT2D eigenvalue weighted by Crippen LogP contribution is -2.37. The molecule has 1 aromatic heterocycles. The van der Waals surface area contributed by atoms with Gasteiger partial charge in [-0.15, -0.1) is 0 Å². The number of aliphatic carboxylic acids is 1. The van der Waals surface area contributed by atoms with Gasteiger partial charge in [0.25, 0.3) is 0 Å². The number of furan rings is 1. The number of amides is 2. The van der Waals surface area contributed by atoms with Crippen LogP contribution in [0.3, 0.4) is 0 Å². The lowest BCUT2D eigenvalue weighted by molar-refractivity contribution is -0.137. The summed E-state index contributed by atoms with van der Waals surface area (Å²) in [7, 11) is 1.72. The van der Waals surface area contributed by atoms with Gasteiger partial charge in [-0.1, -0.05) is 6.42 Å². The number of hydrogen-bond acceptors (Lipinski definition) is 3. The summed E-state index contributed by atoms with van der Waals surface area (Å²) in [6.07, 6.45) is 5.61. The van der Waals surface area contributed by atoms with Gasteiger partial charge in [0.1, 0.15) is 0 Å². The molecule has 106 valence electrons. The predicted molar refractivity (Wildman–Crippen MR) is 69.7 cm³/mol. The summed E-state index contributed by atoms with van der Waals surface area (Å²) in [5.41, 5.74) is 0.944.